The van der Waals surface area contributed by atoms with E-state index in [1.165, 1.54) is 5.56 Å². The van der Waals surface area contributed by atoms with Crippen molar-refractivity contribution in [3.8, 4) is 0 Å². The first-order valence-corrected chi connectivity index (χ1v) is 8.60. The summed E-state index contributed by atoms with van der Waals surface area (Å²) in [7, 11) is 0. The number of fused-ring (bicyclic) bond motifs is 1. The number of piperidine rings is 1. The van der Waals surface area contributed by atoms with Crippen molar-refractivity contribution in [2.75, 3.05) is 32.8 Å². The van der Waals surface area contributed by atoms with Crippen molar-refractivity contribution in [3.05, 3.63) is 29.6 Å². The van der Waals surface area contributed by atoms with E-state index < -0.39 is 6.10 Å². The van der Waals surface area contributed by atoms with Gasteiger partial charge in [-0.25, -0.2) is 4.98 Å². The molecule has 2 atom stereocenters. The number of H-pyrrole nitrogens is 1. The summed E-state index contributed by atoms with van der Waals surface area (Å²) in [5, 5.41) is 10.0. The van der Waals surface area contributed by atoms with Gasteiger partial charge in [0.2, 0.25) is 0 Å². The zero-order valence-corrected chi connectivity index (χ0v) is 14.1. The highest BCUT2D eigenvalue weighted by atomic mass is 16.5. The maximum absolute atomic E-state index is 10.0. The SMILES string of the molecule is CCOC[C@H](O)CN1CCC[C@H](c2nc3ccc(C)cc3[nH]2)C1. The second-order valence-corrected chi connectivity index (χ2v) is 6.55. The number of benzene rings is 1. The van der Waals surface area contributed by atoms with Gasteiger partial charge in [-0.1, -0.05) is 6.07 Å². The van der Waals surface area contributed by atoms with Crippen LogP contribution < -0.4 is 0 Å². The zero-order valence-electron chi connectivity index (χ0n) is 14.1. The molecule has 1 fully saturated rings. The van der Waals surface area contributed by atoms with Gasteiger partial charge in [0.05, 0.1) is 23.7 Å². The lowest BCUT2D eigenvalue weighted by molar-refractivity contribution is 0.0159. The standard InChI is InChI=1S/C18H27N3O2/c1-3-23-12-15(22)11-21-8-4-5-14(10-21)18-19-16-7-6-13(2)9-17(16)20-18/h6-7,9,14-15,22H,3-5,8,10-12H2,1-2H3,(H,19,20)/t14-,15+/m0/s1. The third-order valence-electron chi connectivity index (χ3n) is 4.53. The molecule has 0 bridgehead atoms. The molecule has 23 heavy (non-hydrogen) atoms. The molecule has 0 unspecified atom stereocenters. The van der Waals surface area contributed by atoms with E-state index in [0.717, 1.165) is 42.8 Å². The Balaban J connectivity index is 1.65. The van der Waals surface area contributed by atoms with Gasteiger partial charge in [0.1, 0.15) is 5.82 Å². The Kier molecular flexibility index (Phi) is 5.30. The third kappa shape index (κ3) is 4.10. The Labute approximate surface area is 137 Å². The fourth-order valence-corrected chi connectivity index (χ4v) is 3.39. The molecule has 2 heterocycles. The lowest BCUT2D eigenvalue weighted by Crippen LogP contribution is -2.41. The molecular formula is C18H27N3O2. The molecule has 0 aliphatic carbocycles. The van der Waals surface area contributed by atoms with Crippen LogP contribution in [0.25, 0.3) is 11.0 Å². The van der Waals surface area contributed by atoms with Gasteiger partial charge in [-0.2, -0.15) is 0 Å². The van der Waals surface area contributed by atoms with E-state index in [1.807, 2.05) is 6.92 Å². The summed E-state index contributed by atoms with van der Waals surface area (Å²) < 4.78 is 5.30. The quantitative estimate of drug-likeness (QED) is 0.859. The molecule has 2 N–H and O–H groups in total. The molecule has 0 amide bonds. The van der Waals surface area contributed by atoms with Gasteiger partial charge < -0.3 is 14.8 Å². The van der Waals surface area contributed by atoms with E-state index in [9.17, 15) is 5.11 Å². The number of aliphatic hydroxyl groups is 1. The van der Waals surface area contributed by atoms with Crippen LogP contribution >= 0.6 is 0 Å². The van der Waals surface area contributed by atoms with E-state index in [-0.39, 0.29) is 0 Å². The molecule has 2 aromatic rings. The van der Waals surface area contributed by atoms with E-state index >= 15 is 0 Å². The van der Waals surface area contributed by atoms with E-state index in [4.69, 9.17) is 9.72 Å². The fraction of sp³-hybridized carbons (Fsp3) is 0.611. The molecule has 3 rings (SSSR count). The van der Waals surface area contributed by atoms with Crippen LogP contribution in [-0.2, 0) is 4.74 Å². The maximum atomic E-state index is 10.0. The van der Waals surface area contributed by atoms with Crippen LogP contribution in [0.15, 0.2) is 18.2 Å². The Morgan fingerprint density at radius 3 is 3.17 bits per heavy atom. The van der Waals surface area contributed by atoms with Gasteiger partial charge in [0.25, 0.3) is 0 Å². The maximum Gasteiger partial charge on any atom is 0.111 e. The first kappa shape index (κ1) is 16.4. The summed E-state index contributed by atoms with van der Waals surface area (Å²) in [4.78, 5) is 10.6. The van der Waals surface area contributed by atoms with Crippen molar-refractivity contribution < 1.29 is 9.84 Å². The minimum absolute atomic E-state index is 0.410. The van der Waals surface area contributed by atoms with Gasteiger partial charge in [-0.05, 0) is 50.9 Å². The van der Waals surface area contributed by atoms with Gasteiger partial charge in [-0.3, -0.25) is 4.90 Å². The van der Waals surface area contributed by atoms with Gasteiger partial charge in [0, 0.05) is 25.6 Å². The lowest BCUT2D eigenvalue weighted by atomic mass is 9.97. The van der Waals surface area contributed by atoms with Crippen molar-refractivity contribution in [3.63, 3.8) is 0 Å². The van der Waals surface area contributed by atoms with E-state index in [1.54, 1.807) is 0 Å². The number of nitrogens with zero attached hydrogens (tertiary/aromatic N) is 2. The molecule has 1 aromatic heterocycles. The number of aryl methyl sites for hydroxylation is 1. The van der Waals surface area contributed by atoms with Crippen LogP contribution in [-0.4, -0.2) is 58.9 Å². The number of aromatic nitrogens is 2. The highest BCUT2D eigenvalue weighted by Gasteiger charge is 2.25. The summed E-state index contributed by atoms with van der Waals surface area (Å²) in [6.07, 6.45) is 1.88. The molecule has 1 saturated heterocycles. The van der Waals surface area contributed by atoms with E-state index in [0.29, 0.717) is 25.7 Å². The predicted octanol–water partition coefficient (Wildman–Crippen LogP) is 2.45. The van der Waals surface area contributed by atoms with Crippen LogP contribution in [0.4, 0.5) is 0 Å². The Bertz CT molecular complexity index is 640. The molecule has 0 radical (unpaired) electrons. The minimum atomic E-state index is -0.410. The molecule has 1 aliphatic heterocycles. The average Bonchev–Trinajstić information content (AvgIpc) is 2.96. The number of hydrogen-bond donors (Lipinski definition) is 2. The van der Waals surface area contributed by atoms with E-state index in [2.05, 4.69) is 35.0 Å². The first-order chi connectivity index (χ1) is 11.2. The summed E-state index contributed by atoms with van der Waals surface area (Å²) in [5.74, 6) is 1.49. The van der Waals surface area contributed by atoms with Gasteiger partial charge >= 0.3 is 0 Å². The van der Waals surface area contributed by atoms with Crippen molar-refractivity contribution in [1.29, 1.82) is 0 Å². The molecule has 5 heteroatoms. The van der Waals surface area contributed by atoms with Gasteiger partial charge in [-0.15, -0.1) is 0 Å². The summed E-state index contributed by atoms with van der Waals surface area (Å²) >= 11 is 0. The molecular weight excluding hydrogens is 290 g/mol. The Morgan fingerprint density at radius 2 is 2.35 bits per heavy atom. The van der Waals surface area contributed by atoms with Crippen LogP contribution in [0, 0.1) is 6.92 Å². The van der Waals surface area contributed by atoms with Crippen LogP contribution in [0.3, 0.4) is 0 Å². The molecule has 1 aliphatic rings. The molecule has 5 nitrogen and oxygen atoms in total. The second-order valence-electron chi connectivity index (χ2n) is 6.55. The normalized spacial score (nSPS) is 20.9. The number of ether oxygens (including phenoxy) is 1. The van der Waals surface area contributed by atoms with Crippen molar-refractivity contribution in [1.82, 2.24) is 14.9 Å². The first-order valence-electron chi connectivity index (χ1n) is 8.60. The number of β-amino-alcohol motifs (C(OH)–C–C–N with tert-alkyl or cyclic N) is 1. The topological polar surface area (TPSA) is 61.4 Å². The van der Waals surface area contributed by atoms with Crippen LogP contribution in [0.5, 0.6) is 0 Å². The van der Waals surface area contributed by atoms with Crippen molar-refractivity contribution >= 4 is 11.0 Å². The van der Waals surface area contributed by atoms with Crippen molar-refractivity contribution in [2.24, 2.45) is 0 Å². The summed E-state index contributed by atoms with van der Waals surface area (Å²) in [6.45, 7) is 7.78. The lowest BCUT2D eigenvalue weighted by Gasteiger charge is -2.33. The molecule has 0 spiro atoms. The van der Waals surface area contributed by atoms with Gasteiger partial charge in [0.15, 0.2) is 0 Å². The monoisotopic (exact) mass is 317 g/mol. The predicted molar refractivity (Wildman–Crippen MR) is 91.7 cm³/mol. The Morgan fingerprint density at radius 1 is 1.48 bits per heavy atom. The fourth-order valence-electron chi connectivity index (χ4n) is 3.39. The minimum Gasteiger partial charge on any atom is -0.389 e. The molecule has 1 aromatic carbocycles. The summed E-state index contributed by atoms with van der Waals surface area (Å²) in [6, 6.07) is 6.33. The largest absolute Gasteiger partial charge is 0.389 e. The molecule has 0 saturated carbocycles. The number of aliphatic hydroxyl groups excluding tert-OH is 1. The summed E-state index contributed by atoms with van der Waals surface area (Å²) in [5.41, 5.74) is 3.41. The van der Waals surface area contributed by atoms with Crippen LogP contribution in [0.2, 0.25) is 0 Å². The highest BCUT2D eigenvalue weighted by molar-refractivity contribution is 5.75. The molecule has 126 valence electrons. The van der Waals surface area contributed by atoms with Crippen molar-refractivity contribution in [2.45, 2.75) is 38.7 Å². The number of imidazole rings is 1. The Hall–Kier alpha value is -1.43. The number of nitrogens with one attached hydrogen (secondary N) is 1. The average molecular weight is 317 g/mol. The second kappa shape index (κ2) is 7.43. The smallest absolute Gasteiger partial charge is 0.111 e. The number of rotatable bonds is 6. The van der Waals surface area contributed by atoms with Crippen LogP contribution in [0.1, 0.15) is 37.1 Å². The highest BCUT2D eigenvalue weighted by Crippen LogP contribution is 2.27. The third-order valence-corrected chi connectivity index (χ3v) is 4.53. The number of aromatic amines is 1. The number of likely N-dealkylation sites (tertiary alicyclic amines) is 1. The number of hydrogen-bond acceptors (Lipinski definition) is 4. The zero-order chi connectivity index (χ0) is 16.2.